The molecule has 1 aliphatic heterocycles. The third-order valence-corrected chi connectivity index (χ3v) is 6.61. The predicted octanol–water partition coefficient (Wildman–Crippen LogP) is 2.71. The molecule has 0 bridgehead atoms. The maximum Gasteiger partial charge on any atom is 0.221 e. The number of amides is 1. The summed E-state index contributed by atoms with van der Waals surface area (Å²) in [6, 6.07) is 9.21. The van der Waals surface area contributed by atoms with Crippen LogP contribution in [0.5, 0.6) is 0 Å². The van der Waals surface area contributed by atoms with Gasteiger partial charge in [0.25, 0.3) is 0 Å². The van der Waals surface area contributed by atoms with Gasteiger partial charge in [-0.25, -0.2) is 15.0 Å². The molecule has 3 heterocycles. The third-order valence-electron chi connectivity index (χ3n) is 4.78. The number of carbonyl (C=O) groups excluding carboxylic acids is 1. The summed E-state index contributed by atoms with van der Waals surface area (Å²) >= 11 is 3.07. The first-order valence-corrected chi connectivity index (χ1v) is 11.9. The van der Waals surface area contributed by atoms with Crippen LogP contribution in [0.4, 0.5) is 16.6 Å². The van der Waals surface area contributed by atoms with Crippen molar-refractivity contribution in [3.8, 4) is 17.3 Å². The highest BCUT2D eigenvalue weighted by Gasteiger charge is 2.17. The number of nitrogens with two attached hydrogens (primary N) is 1. The van der Waals surface area contributed by atoms with E-state index < -0.39 is 0 Å². The summed E-state index contributed by atoms with van der Waals surface area (Å²) in [7, 11) is 0. The molecule has 3 aromatic rings. The zero-order valence-corrected chi connectivity index (χ0v) is 19.1. The summed E-state index contributed by atoms with van der Waals surface area (Å²) in [5.74, 6) is 0.600. The molecule has 1 amide bonds. The Morgan fingerprint density at radius 1 is 1.28 bits per heavy atom. The van der Waals surface area contributed by atoms with E-state index in [9.17, 15) is 10.1 Å². The SMILES string of the molecule is CC(=O)Nc1ccc(-c2nc(SCc3csc(N4CCNCC4)n3)nc(N)c2C#N)cc1. The van der Waals surface area contributed by atoms with Crippen molar-refractivity contribution in [2.24, 2.45) is 0 Å². The van der Waals surface area contributed by atoms with Crippen molar-refractivity contribution in [1.82, 2.24) is 20.3 Å². The highest BCUT2D eigenvalue weighted by molar-refractivity contribution is 7.98. The van der Waals surface area contributed by atoms with Crippen LogP contribution in [0.1, 0.15) is 18.2 Å². The van der Waals surface area contributed by atoms with Gasteiger partial charge < -0.3 is 21.3 Å². The average Bonchev–Trinajstić information content (AvgIpc) is 3.27. The Bertz CT molecular complexity index is 1150. The number of rotatable bonds is 6. The summed E-state index contributed by atoms with van der Waals surface area (Å²) in [6.45, 7) is 5.30. The van der Waals surface area contributed by atoms with E-state index in [0.717, 1.165) is 42.6 Å². The molecule has 0 aliphatic carbocycles. The highest BCUT2D eigenvalue weighted by Crippen LogP contribution is 2.30. The number of nitrogen functional groups attached to an aromatic ring is 1. The first-order chi connectivity index (χ1) is 15.5. The molecule has 4 N–H and O–H groups in total. The molecule has 0 atom stereocenters. The maximum atomic E-state index is 11.2. The standard InChI is InChI=1S/C21H22N8OS2/c1-13(30)25-15-4-2-14(3-5-15)18-17(10-22)19(23)28-20(27-18)31-11-16-12-32-21(26-16)29-8-6-24-7-9-29/h2-5,12,24H,6-9,11H2,1H3,(H,25,30)(H2,23,27,28). The van der Waals surface area contributed by atoms with Crippen LogP contribution in [0.25, 0.3) is 11.3 Å². The van der Waals surface area contributed by atoms with E-state index in [1.165, 1.54) is 18.7 Å². The third kappa shape index (κ3) is 5.16. The molecular formula is C21H22N8OS2. The van der Waals surface area contributed by atoms with E-state index in [-0.39, 0.29) is 17.3 Å². The van der Waals surface area contributed by atoms with Crippen molar-refractivity contribution in [2.45, 2.75) is 17.8 Å². The zero-order valence-electron chi connectivity index (χ0n) is 17.5. The van der Waals surface area contributed by atoms with Gasteiger partial charge in [0.2, 0.25) is 5.91 Å². The van der Waals surface area contributed by atoms with Gasteiger partial charge in [0, 0.05) is 55.5 Å². The fourth-order valence-electron chi connectivity index (χ4n) is 3.26. The van der Waals surface area contributed by atoms with Crippen molar-refractivity contribution < 1.29 is 4.79 Å². The summed E-state index contributed by atoms with van der Waals surface area (Å²) in [6.07, 6.45) is 0. The average molecular weight is 467 g/mol. The first kappa shape index (κ1) is 22.0. The normalized spacial score (nSPS) is 13.6. The van der Waals surface area contributed by atoms with Gasteiger partial charge in [-0.05, 0) is 12.1 Å². The van der Waals surface area contributed by atoms with Gasteiger partial charge in [-0.2, -0.15) is 5.26 Å². The Morgan fingerprint density at radius 3 is 2.72 bits per heavy atom. The van der Waals surface area contributed by atoms with Gasteiger partial charge in [-0.15, -0.1) is 11.3 Å². The maximum absolute atomic E-state index is 11.2. The Balaban J connectivity index is 1.51. The number of nitrogens with zero attached hydrogens (tertiary/aromatic N) is 5. The highest BCUT2D eigenvalue weighted by atomic mass is 32.2. The van der Waals surface area contributed by atoms with Crippen LogP contribution in [-0.2, 0) is 10.5 Å². The quantitative estimate of drug-likeness (QED) is 0.370. The number of thiazole rings is 1. The van der Waals surface area contributed by atoms with Crippen LogP contribution >= 0.6 is 23.1 Å². The Labute approximate surface area is 194 Å². The molecule has 2 aromatic heterocycles. The molecule has 0 unspecified atom stereocenters. The number of aromatic nitrogens is 3. The Hall–Kier alpha value is -3.20. The van der Waals surface area contributed by atoms with Gasteiger partial charge in [0.1, 0.15) is 17.5 Å². The van der Waals surface area contributed by atoms with Crippen LogP contribution in [0.3, 0.4) is 0 Å². The number of anilines is 3. The second kappa shape index (κ2) is 9.95. The molecule has 32 heavy (non-hydrogen) atoms. The van der Waals surface area contributed by atoms with E-state index in [0.29, 0.717) is 22.3 Å². The lowest BCUT2D eigenvalue weighted by molar-refractivity contribution is -0.114. The van der Waals surface area contributed by atoms with E-state index in [1.807, 2.05) is 0 Å². The molecule has 9 nitrogen and oxygen atoms in total. The van der Waals surface area contributed by atoms with Gasteiger partial charge in [0.05, 0.1) is 11.4 Å². The molecule has 11 heteroatoms. The zero-order chi connectivity index (χ0) is 22.5. The van der Waals surface area contributed by atoms with Gasteiger partial charge in [0.15, 0.2) is 10.3 Å². The molecule has 1 saturated heterocycles. The molecule has 0 radical (unpaired) electrons. The second-order valence-electron chi connectivity index (χ2n) is 7.13. The fourth-order valence-corrected chi connectivity index (χ4v) is 4.99. The molecule has 164 valence electrons. The fraction of sp³-hybridized carbons (Fsp3) is 0.286. The Kier molecular flexibility index (Phi) is 6.84. The van der Waals surface area contributed by atoms with E-state index in [2.05, 4.69) is 37.0 Å². The number of nitriles is 1. The number of hydrogen-bond donors (Lipinski definition) is 3. The molecule has 1 aromatic carbocycles. The van der Waals surface area contributed by atoms with Crippen LogP contribution in [-0.4, -0.2) is 47.0 Å². The molecule has 0 spiro atoms. The molecular weight excluding hydrogens is 444 g/mol. The number of carbonyl (C=O) groups is 1. The van der Waals surface area contributed by atoms with Crippen molar-refractivity contribution in [3.63, 3.8) is 0 Å². The second-order valence-corrected chi connectivity index (χ2v) is 8.91. The van der Waals surface area contributed by atoms with Crippen molar-refractivity contribution >= 4 is 45.6 Å². The molecule has 1 fully saturated rings. The number of thioether (sulfide) groups is 1. The van der Waals surface area contributed by atoms with Crippen LogP contribution in [0.2, 0.25) is 0 Å². The number of piperazine rings is 1. The van der Waals surface area contributed by atoms with Crippen LogP contribution < -0.4 is 21.3 Å². The molecule has 4 rings (SSSR count). The lowest BCUT2D eigenvalue weighted by atomic mass is 10.1. The minimum absolute atomic E-state index is 0.144. The van der Waals surface area contributed by atoms with E-state index in [4.69, 9.17) is 10.7 Å². The topological polar surface area (TPSA) is 133 Å². The molecule has 1 aliphatic rings. The van der Waals surface area contributed by atoms with E-state index >= 15 is 0 Å². The minimum Gasteiger partial charge on any atom is -0.382 e. The van der Waals surface area contributed by atoms with Gasteiger partial charge in [-0.3, -0.25) is 4.79 Å². The summed E-state index contributed by atoms with van der Waals surface area (Å²) in [4.78, 5) is 27.2. The van der Waals surface area contributed by atoms with Crippen molar-refractivity contribution in [1.29, 1.82) is 5.26 Å². The van der Waals surface area contributed by atoms with Gasteiger partial charge >= 0.3 is 0 Å². The van der Waals surface area contributed by atoms with Crippen molar-refractivity contribution in [2.75, 3.05) is 42.1 Å². The smallest absolute Gasteiger partial charge is 0.221 e. The Morgan fingerprint density at radius 2 is 2.03 bits per heavy atom. The molecule has 0 saturated carbocycles. The van der Waals surface area contributed by atoms with Crippen LogP contribution in [0.15, 0.2) is 34.8 Å². The number of nitrogens with one attached hydrogen (secondary N) is 2. The monoisotopic (exact) mass is 466 g/mol. The first-order valence-electron chi connectivity index (χ1n) is 10.0. The predicted molar refractivity (Wildman–Crippen MR) is 128 cm³/mol. The summed E-state index contributed by atoms with van der Waals surface area (Å²) in [5, 5.41) is 19.2. The number of hydrogen-bond acceptors (Lipinski definition) is 10. The van der Waals surface area contributed by atoms with Gasteiger partial charge in [-0.1, -0.05) is 23.9 Å². The summed E-state index contributed by atoms with van der Waals surface area (Å²) in [5.41, 5.74) is 9.12. The number of benzene rings is 1. The van der Waals surface area contributed by atoms with Crippen molar-refractivity contribution in [3.05, 3.63) is 40.9 Å². The minimum atomic E-state index is -0.150. The summed E-state index contributed by atoms with van der Waals surface area (Å²) < 4.78 is 0. The lowest BCUT2D eigenvalue weighted by Crippen LogP contribution is -2.43. The largest absolute Gasteiger partial charge is 0.382 e. The van der Waals surface area contributed by atoms with Crippen LogP contribution in [0, 0.1) is 11.3 Å². The van der Waals surface area contributed by atoms with E-state index in [1.54, 1.807) is 35.6 Å². The lowest BCUT2D eigenvalue weighted by Gasteiger charge is -2.26.